The van der Waals surface area contributed by atoms with Crippen LogP contribution < -0.4 is 0 Å². The largest absolute Gasteiger partial charge is 0.461 e. The predicted molar refractivity (Wildman–Crippen MR) is 95.7 cm³/mol. The number of esters is 1. The van der Waals surface area contributed by atoms with Crippen molar-refractivity contribution in [1.82, 2.24) is 0 Å². The van der Waals surface area contributed by atoms with Gasteiger partial charge in [0.1, 0.15) is 6.61 Å². The third-order valence-electron chi connectivity index (χ3n) is 5.02. The molecule has 1 aliphatic rings. The van der Waals surface area contributed by atoms with Crippen LogP contribution in [0.1, 0.15) is 29.9 Å². The number of carbonyl (C=O) groups is 1. The Balaban J connectivity index is 1.50. The van der Waals surface area contributed by atoms with Crippen LogP contribution in [0.4, 0.5) is 0 Å². The van der Waals surface area contributed by atoms with Crippen molar-refractivity contribution in [2.75, 3.05) is 0 Å². The van der Waals surface area contributed by atoms with E-state index in [-0.39, 0.29) is 17.8 Å². The maximum Gasteiger partial charge on any atom is 0.309 e. The fraction of sp³-hybridized carbons (Fsp3) is 0.227. The fourth-order valence-electron chi connectivity index (χ4n) is 3.56. The minimum atomic E-state index is -0.0666. The van der Waals surface area contributed by atoms with E-state index in [1.165, 1.54) is 16.3 Å². The second-order valence-corrected chi connectivity index (χ2v) is 6.45. The molecule has 0 aromatic heterocycles. The number of rotatable bonds is 4. The van der Waals surface area contributed by atoms with Crippen LogP contribution in [0.3, 0.4) is 0 Å². The van der Waals surface area contributed by atoms with Gasteiger partial charge in [-0.1, -0.05) is 72.8 Å². The van der Waals surface area contributed by atoms with Gasteiger partial charge >= 0.3 is 5.97 Å². The van der Waals surface area contributed by atoms with E-state index in [0.29, 0.717) is 6.61 Å². The van der Waals surface area contributed by atoms with Crippen molar-refractivity contribution in [2.24, 2.45) is 5.92 Å². The van der Waals surface area contributed by atoms with E-state index in [0.717, 1.165) is 18.4 Å². The highest BCUT2D eigenvalue weighted by Gasteiger charge is 2.39. The topological polar surface area (TPSA) is 26.3 Å². The number of fused-ring (bicyclic) bond motifs is 1. The zero-order valence-electron chi connectivity index (χ0n) is 13.5. The van der Waals surface area contributed by atoms with Gasteiger partial charge in [-0.05, 0) is 40.7 Å². The van der Waals surface area contributed by atoms with Crippen molar-refractivity contribution in [1.29, 1.82) is 0 Å². The van der Waals surface area contributed by atoms with E-state index < -0.39 is 0 Å². The van der Waals surface area contributed by atoms with E-state index in [9.17, 15) is 4.79 Å². The molecule has 1 aliphatic carbocycles. The summed E-state index contributed by atoms with van der Waals surface area (Å²) < 4.78 is 5.56. The van der Waals surface area contributed by atoms with Gasteiger partial charge in [-0.15, -0.1) is 0 Å². The Hall–Kier alpha value is -2.61. The summed E-state index contributed by atoms with van der Waals surface area (Å²) in [6.45, 7) is 0.360. The van der Waals surface area contributed by atoms with E-state index >= 15 is 0 Å². The third-order valence-corrected chi connectivity index (χ3v) is 5.02. The van der Waals surface area contributed by atoms with Crippen LogP contribution in [-0.2, 0) is 16.1 Å². The van der Waals surface area contributed by atoms with E-state index in [4.69, 9.17) is 4.74 Å². The summed E-state index contributed by atoms with van der Waals surface area (Å²) in [5, 5.41) is 2.49. The highest BCUT2D eigenvalue weighted by atomic mass is 16.5. The molecule has 3 aromatic rings. The second kappa shape index (κ2) is 6.48. The summed E-state index contributed by atoms with van der Waals surface area (Å²) >= 11 is 0. The molecule has 2 atom stereocenters. The van der Waals surface area contributed by atoms with Crippen molar-refractivity contribution >= 4 is 16.7 Å². The first-order valence-electron chi connectivity index (χ1n) is 8.51. The predicted octanol–water partition coefficient (Wildman–Crippen LogP) is 5.08. The molecular formula is C22H20O2. The molecule has 0 radical (unpaired) electrons. The summed E-state index contributed by atoms with van der Waals surface area (Å²) in [4.78, 5) is 12.5. The van der Waals surface area contributed by atoms with Crippen LogP contribution in [-0.4, -0.2) is 5.97 Å². The summed E-state index contributed by atoms with van der Waals surface area (Å²) in [6, 6.07) is 24.6. The lowest BCUT2D eigenvalue weighted by atomic mass is 9.69. The van der Waals surface area contributed by atoms with Crippen LogP contribution in [0, 0.1) is 5.92 Å². The molecule has 24 heavy (non-hydrogen) atoms. The molecular weight excluding hydrogens is 296 g/mol. The van der Waals surface area contributed by atoms with Gasteiger partial charge in [0.25, 0.3) is 0 Å². The van der Waals surface area contributed by atoms with E-state index in [1.54, 1.807) is 0 Å². The molecule has 0 amide bonds. The van der Waals surface area contributed by atoms with Gasteiger partial charge in [0.15, 0.2) is 0 Å². The minimum absolute atomic E-state index is 0.0143. The molecule has 0 N–H and O–H groups in total. The van der Waals surface area contributed by atoms with E-state index in [2.05, 4.69) is 42.5 Å². The smallest absolute Gasteiger partial charge is 0.309 e. The first-order chi connectivity index (χ1) is 11.8. The molecule has 4 rings (SSSR count). The molecule has 3 aromatic carbocycles. The SMILES string of the molecule is O=C(OCc1ccccc1)C1CCC1c1cccc2ccccc12. The Kier molecular flexibility index (Phi) is 4.04. The zero-order valence-corrected chi connectivity index (χ0v) is 13.5. The van der Waals surface area contributed by atoms with Gasteiger partial charge in [-0.2, -0.15) is 0 Å². The van der Waals surface area contributed by atoms with Crippen molar-refractivity contribution in [2.45, 2.75) is 25.4 Å². The van der Waals surface area contributed by atoms with Gasteiger partial charge in [0.2, 0.25) is 0 Å². The molecule has 2 unspecified atom stereocenters. The molecule has 0 aliphatic heterocycles. The van der Waals surface area contributed by atoms with E-state index in [1.807, 2.05) is 30.3 Å². The summed E-state index contributed by atoms with van der Waals surface area (Å²) in [6.07, 6.45) is 1.97. The molecule has 0 saturated heterocycles. The van der Waals surface area contributed by atoms with Crippen LogP contribution in [0.5, 0.6) is 0 Å². The van der Waals surface area contributed by atoms with Crippen LogP contribution >= 0.6 is 0 Å². The average molecular weight is 316 g/mol. The monoisotopic (exact) mass is 316 g/mol. The van der Waals surface area contributed by atoms with Crippen molar-refractivity contribution in [3.63, 3.8) is 0 Å². The van der Waals surface area contributed by atoms with Crippen LogP contribution in [0.25, 0.3) is 10.8 Å². The lowest BCUT2D eigenvalue weighted by Crippen LogP contribution is -2.32. The van der Waals surface area contributed by atoms with Gasteiger partial charge in [-0.25, -0.2) is 0 Å². The minimum Gasteiger partial charge on any atom is -0.461 e. The third kappa shape index (κ3) is 2.80. The summed E-state index contributed by atoms with van der Waals surface area (Å²) in [5.74, 6) is 0.196. The normalized spacial score (nSPS) is 19.7. The summed E-state index contributed by atoms with van der Waals surface area (Å²) in [5.41, 5.74) is 2.31. The number of benzene rings is 3. The number of hydrogen-bond donors (Lipinski definition) is 0. The lowest BCUT2D eigenvalue weighted by Gasteiger charge is -2.35. The first kappa shape index (κ1) is 14.9. The van der Waals surface area contributed by atoms with Crippen molar-refractivity contribution in [3.05, 3.63) is 83.9 Å². The molecule has 2 heteroatoms. The van der Waals surface area contributed by atoms with Crippen LogP contribution in [0.15, 0.2) is 72.8 Å². The molecule has 0 spiro atoms. The molecule has 2 nitrogen and oxygen atoms in total. The molecule has 120 valence electrons. The zero-order chi connectivity index (χ0) is 16.4. The number of ether oxygens (including phenoxy) is 1. The average Bonchev–Trinajstić information content (AvgIpc) is 2.60. The Morgan fingerprint density at radius 2 is 1.62 bits per heavy atom. The Morgan fingerprint density at radius 1 is 0.875 bits per heavy atom. The highest BCUT2D eigenvalue weighted by Crippen LogP contribution is 2.45. The van der Waals surface area contributed by atoms with Crippen molar-refractivity contribution in [3.8, 4) is 0 Å². The quantitative estimate of drug-likeness (QED) is 0.628. The Bertz CT molecular complexity index is 849. The van der Waals surface area contributed by atoms with Gasteiger partial charge in [0, 0.05) is 0 Å². The molecule has 0 heterocycles. The second-order valence-electron chi connectivity index (χ2n) is 6.45. The Labute approximate surface area is 142 Å². The number of carbonyl (C=O) groups excluding carboxylic acids is 1. The Morgan fingerprint density at radius 3 is 2.42 bits per heavy atom. The summed E-state index contributed by atoms with van der Waals surface area (Å²) in [7, 11) is 0. The lowest BCUT2D eigenvalue weighted by molar-refractivity contribution is -0.153. The number of hydrogen-bond acceptors (Lipinski definition) is 2. The highest BCUT2D eigenvalue weighted by molar-refractivity contribution is 5.87. The van der Waals surface area contributed by atoms with Crippen LogP contribution in [0.2, 0.25) is 0 Å². The fourth-order valence-corrected chi connectivity index (χ4v) is 3.56. The molecule has 0 bridgehead atoms. The van der Waals surface area contributed by atoms with Gasteiger partial charge < -0.3 is 4.74 Å². The maximum atomic E-state index is 12.5. The van der Waals surface area contributed by atoms with Gasteiger partial charge in [0.05, 0.1) is 5.92 Å². The van der Waals surface area contributed by atoms with Gasteiger partial charge in [-0.3, -0.25) is 4.79 Å². The first-order valence-corrected chi connectivity index (χ1v) is 8.51. The molecule has 1 saturated carbocycles. The maximum absolute atomic E-state index is 12.5. The standard InChI is InChI=1S/C22H20O2/c23-22(24-15-16-7-2-1-3-8-16)21-14-13-20(21)19-12-6-10-17-9-4-5-11-18(17)19/h1-12,20-21H,13-15H2. The molecule has 1 fully saturated rings. The van der Waals surface area contributed by atoms with Crippen molar-refractivity contribution < 1.29 is 9.53 Å².